The van der Waals surface area contributed by atoms with Crippen LogP contribution in [0.4, 0.5) is 5.69 Å². The second-order valence-electron chi connectivity index (χ2n) is 6.10. The molecule has 0 aliphatic rings. The van der Waals surface area contributed by atoms with Crippen LogP contribution in [0.2, 0.25) is 0 Å². The van der Waals surface area contributed by atoms with E-state index in [1.54, 1.807) is 18.2 Å². The maximum atomic E-state index is 10.9. The van der Waals surface area contributed by atoms with E-state index in [-0.39, 0.29) is 11.2 Å². The van der Waals surface area contributed by atoms with Gasteiger partial charge in [-0.05, 0) is 56.7 Å². The Balaban J connectivity index is 1.97. The molecule has 0 aromatic heterocycles. The number of benzene rings is 2. The summed E-state index contributed by atoms with van der Waals surface area (Å²) in [5.74, 6) is -0.0866. The van der Waals surface area contributed by atoms with Crippen LogP contribution in [0.1, 0.15) is 36.7 Å². The van der Waals surface area contributed by atoms with Crippen LogP contribution in [-0.4, -0.2) is 16.7 Å². The minimum absolute atomic E-state index is 0.211. The standard InChI is InChI=1S/C18H21NO3/c1-18(2,3)22-16-9-7-13(8-10-16)12-19-15-6-4-5-14(11-15)17(20)21/h4-11,19H,12H2,1-3H3,(H,20,21). The van der Waals surface area contributed by atoms with Crippen molar-refractivity contribution in [1.29, 1.82) is 0 Å². The van der Waals surface area contributed by atoms with E-state index in [4.69, 9.17) is 9.84 Å². The number of hydrogen-bond donors (Lipinski definition) is 2. The first-order valence-electron chi connectivity index (χ1n) is 7.19. The van der Waals surface area contributed by atoms with Crippen LogP contribution in [0.5, 0.6) is 5.75 Å². The Morgan fingerprint density at radius 2 is 1.82 bits per heavy atom. The van der Waals surface area contributed by atoms with Crippen LogP contribution in [-0.2, 0) is 6.54 Å². The molecule has 116 valence electrons. The Bertz CT molecular complexity index is 642. The quantitative estimate of drug-likeness (QED) is 0.869. The first-order valence-corrected chi connectivity index (χ1v) is 7.19. The van der Waals surface area contributed by atoms with Gasteiger partial charge in [0.1, 0.15) is 11.4 Å². The summed E-state index contributed by atoms with van der Waals surface area (Å²) in [6.45, 7) is 6.66. The second-order valence-corrected chi connectivity index (χ2v) is 6.10. The van der Waals surface area contributed by atoms with Gasteiger partial charge in [0.05, 0.1) is 5.56 Å². The zero-order chi connectivity index (χ0) is 16.2. The number of carboxylic acid groups (broad SMARTS) is 1. The van der Waals surface area contributed by atoms with E-state index in [2.05, 4.69) is 5.32 Å². The van der Waals surface area contributed by atoms with Gasteiger partial charge < -0.3 is 15.2 Å². The van der Waals surface area contributed by atoms with Crippen LogP contribution in [0.3, 0.4) is 0 Å². The fourth-order valence-electron chi connectivity index (χ4n) is 2.00. The van der Waals surface area contributed by atoms with Crippen LogP contribution >= 0.6 is 0 Å². The van der Waals surface area contributed by atoms with Crippen molar-refractivity contribution in [2.24, 2.45) is 0 Å². The maximum Gasteiger partial charge on any atom is 0.335 e. The van der Waals surface area contributed by atoms with Crippen molar-refractivity contribution in [2.75, 3.05) is 5.32 Å². The van der Waals surface area contributed by atoms with E-state index >= 15 is 0 Å². The number of carboxylic acids is 1. The Hall–Kier alpha value is -2.49. The van der Waals surface area contributed by atoms with Gasteiger partial charge in [-0.3, -0.25) is 0 Å². The van der Waals surface area contributed by atoms with Gasteiger partial charge in [-0.25, -0.2) is 4.79 Å². The number of rotatable bonds is 5. The molecular formula is C18H21NO3. The van der Waals surface area contributed by atoms with Crippen LogP contribution in [0.25, 0.3) is 0 Å². The van der Waals surface area contributed by atoms with Gasteiger partial charge in [0.15, 0.2) is 0 Å². The molecule has 2 aromatic carbocycles. The first-order chi connectivity index (χ1) is 10.3. The number of nitrogens with one attached hydrogen (secondary N) is 1. The fraction of sp³-hybridized carbons (Fsp3) is 0.278. The van der Waals surface area contributed by atoms with E-state index in [9.17, 15) is 4.79 Å². The van der Waals surface area contributed by atoms with E-state index < -0.39 is 5.97 Å². The van der Waals surface area contributed by atoms with E-state index in [0.29, 0.717) is 6.54 Å². The number of anilines is 1. The summed E-state index contributed by atoms with van der Waals surface area (Å²) in [6.07, 6.45) is 0. The van der Waals surface area contributed by atoms with Crippen molar-refractivity contribution < 1.29 is 14.6 Å². The van der Waals surface area contributed by atoms with Crippen LogP contribution in [0, 0.1) is 0 Å². The summed E-state index contributed by atoms with van der Waals surface area (Å²) in [4.78, 5) is 10.9. The van der Waals surface area contributed by atoms with Gasteiger partial charge in [-0.1, -0.05) is 18.2 Å². The van der Waals surface area contributed by atoms with Crippen molar-refractivity contribution in [2.45, 2.75) is 32.9 Å². The molecule has 0 unspecified atom stereocenters. The number of hydrogen-bond acceptors (Lipinski definition) is 3. The molecule has 0 atom stereocenters. The third-order valence-electron chi connectivity index (χ3n) is 2.95. The molecule has 2 aromatic rings. The normalized spacial score (nSPS) is 11.0. The Kier molecular flexibility index (Phi) is 4.71. The highest BCUT2D eigenvalue weighted by Gasteiger charge is 2.11. The third-order valence-corrected chi connectivity index (χ3v) is 2.95. The molecule has 4 nitrogen and oxygen atoms in total. The van der Waals surface area contributed by atoms with E-state index in [1.807, 2.05) is 51.1 Å². The number of ether oxygens (including phenoxy) is 1. The molecule has 0 aliphatic heterocycles. The molecule has 0 bridgehead atoms. The average molecular weight is 299 g/mol. The molecule has 2 rings (SSSR count). The molecule has 0 radical (unpaired) electrons. The molecule has 0 spiro atoms. The van der Waals surface area contributed by atoms with Crippen molar-refractivity contribution in [3.8, 4) is 5.75 Å². The van der Waals surface area contributed by atoms with Gasteiger partial charge in [0.25, 0.3) is 0 Å². The lowest BCUT2D eigenvalue weighted by molar-refractivity contribution is 0.0697. The Morgan fingerprint density at radius 3 is 2.41 bits per heavy atom. The number of aromatic carboxylic acids is 1. The van der Waals surface area contributed by atoms with Crippen LogP contribution in [0.15, 0.2) is 48.5 Å². The summed E-state index contributed by atoms with van der Waals surface area (Å²) in [5, 5.41) is 12.2. The van der Waals surface area contributed by atoms with Crippen molar-refractivity contribution in [1.82, 2.24) is 0 Å². The fourth-order valence-corrected chi connectivity index (χ4v) is 2.00. The molecule has 4 heteroatoms. The van der Waals surface area contributed by atoms with E-state index in [0.717, 1.165) is 17.0 Å². The van der Waals surface area contributed by atoms with Gasteiger partial charge in [-0.2, -0.15) is 0 Å². The smallest absolute Gasteiger partial charge is 0.335 e. The van der Waals surface area contributed by atoms with Crippen LogP contribution < -0.4 is 10.1 Å². The van der Waals surface area contributed by atoms with Gasteiger partial charge >= 0.3 is 5.97 Å². The monoisotopic (exact) mass is 299 g/mol. The second kappa shape index (κ2) is 6.52. The summed E-state index contributed by atoms with van der Waals surface area (Å²) >= 11 is 0. The first kappa shape index (κ1) is 15.9. The molecule has 0 saturated heterocycles. The molecule has 0 fully saturated rings. The zero-order valence-corrected chi connectivity index (χ0v) is 13.1. The third kappa shape index (κ3) is 4.81. The lowest BCUT2D eigenvalue weighted by atomic mass is 10.1. The minimum Gasteiger partial charge on any atom is -0.488 e. The maximum absolute atomic E-state index is 10.9. The molecule has 0 aliphatic carbocycles. The van der Waals surface area contributed by atoms with Crippen molar-refractivity contribution in [3.05, 3.63) is 59.7 Å². The topological polar surface area (TPSA) is 58.6 Å². The Morgan fingerprint density at radius 1 is 1.14 bits per heavy atom. The molecule has 0 amide bonds. The van der Waals surface area contributed by atoms with E-state index in [1.165, 1.54) is 0 Å². The summed E-state index contributed by atoms with van der Waals surface area (Å²) in [6, 6.07) is 14.7. The van der Waals surface area contributed by atoms with Crippen molar-refractivity contribution >= 4 is 11.7 Å². The minimum atomic E-state index is -0.924. The summed E-state index contributed by atoms with van der Waals surface area (Å²) in [5.41, 5.74) is 1.95. The lowest BCUT2D eigenvalue weighted by Gasteiger charge is -2.21. The highest BCUT2D eigenvalue weighted by molar-refractivity contribution is 5.88. The van der Waals surface area contributed by atoms with Gasteiger partial charge in [0, 0.05) is 12.2 Å². The highest BCUT2D eigenvalue weighted by Crippen LogP contribution is 2.19. The molecule has 2 N–H and O–H groups in total. The molecule has 0 heterocycles. The highest BCUT2D eigenvalue weighted by atomic mass is 16.5. The Labute approximate surface area is 130 Å². The van der Waals surface area contributed by atoms with Gasteiger partial charge in [0.2, 0.25) is 0 Å². The SMILES string of the molecule is CC(C)(C)Oc1ccc(CNc2cccc(C(=O)O)c2)cc1. The zero-order valence-electron chi connectivity index (χ0n) is 13.1. The summed E-state index contributed by atoms with van der Waals surface area (Å²) in [7, 11) is 0. The lowest BCUT2D eigenvalue weighted by Crippen LogP contribution is -2.22. The predicted molar refractivity (Wildman–Crippen MR) is 87.6 cm³/mol. The largest absolute Gasteiger partial charge is 0.488 e. The molecular weight excluding hydrogens is 278 g/mol. The predicted octanol–water partition coefficient (Wildman–Crippen LogP) is 4.17. The summed E-state index contributed by atoms with van der Waals surface area (Å²) < 4.78 is 5.78. The molecule has 22 heavy (non-hydrogen) atoms. The van der Waals surface area contributed by atoms with Crippen molar-refractivity contribution in [3.63, 3.8) is 0 Å². The molecule has 0 saturated carbocycles. The average Bonchev–Trinajstić information content (AvgIpc) is 2.45. The number of carbonyl (C=O) groups is 1. The van der Waals surface area contributed by atoms with Gasteiger partial charge in [-0.15, -0.1) is 0 Å².